The van der Waals surface area contributed by atoms with Crippen LogP contribution in [0.4, 0.5) is 0 Å². The number of hydrogen-bond donors (Lipinski definition) is 0. The molecule has 5 nitrogen and oxygen atoms in total. The van der Waals surface area contributed by atoms with Gasteiger partial charge < -0.3 is 9.63 Å². The molecule has 0 atom stereocenters. The topological polar surface area (TPSA) is 49.9 Å². The van der Waals surface area contributed by atoms with Gasteiger partial charge in [0.15, 0.2) is 0 Å². The number of hydroxylamine groups is 2. The van der Waals surface area contributed by atoms with E-state index in [-0.39, 0.29) is 11.5 Å². The van der Waals surface area contributed by atoms with E-state index in [1.807, 2.05) is 18.2 Å². The van der Waals surface area contributed by atoms with Gasteiger partial charge in [-0.3, -0.25) is 4.90 Å². The molecule has 1 aromatic rings. The number of carbonyl (C=O) groups excluding carboxylic acids is 2. The van der Waals surface area contributed by atoms with Gasteiger partial charge in [0.05, 0.1) is 11.1 Å². The molecule has 1 heterocycles. The SMILES string of the molecule is O=CC1(N2CCN(OC(=O)c3ccccc3)CC2)CC1. The number of carbonyl (C=O) groups is 2. The molecule has 1 aliphatic heterocycles. The highest BCUT2D eigenvalue weighted by atomic mass is 16.7. The quantitative estimate of drug-likeness (QED) is 0.770. The molecule has 106 valence electrons. The van der Waals surface area contributed by atoms with Gasteiger partial charge in [-0.2, -0.15) is 0 Å². The maximum absolute atomic E-state index is 11.9. The minimum absolute atomic E-state index is 0.213. The van der Waals surface area contributed by atoms with Crippen molar-refractivity contribution in [3.05, 3.63) is 35.9 Å². The Labute approximate surface area is 118 Å². The predicted molar refractivity (Wildman–Crippen MR) is 73.0 cm³/mol. The highest BCUT2D eigenvalue weighted by Gasteiger charge is 2.48. The fourth-order valence-electron chi connectivity index (χ4n) is 2.61. The van der Waals surface area contributed by atoms with Gasteiger partial charge in [-0.25, -0.2) is 4.79 Å². The number of rotatable bonds is 4. The van der Waals surface area contributed by atoms with Crippen molar-refractivity contribution in [2.75, 3.05) is 26.2 Å². The lowest BCUT2D eigenvalue weighted by molar-refractivity contribution is -0.139. The van der Waals surface area contributed by atoms with Gasteiger partial charge in [0.1, 0.15) is 6.29 Å². The summed E-state index contributed by atoms with van der Waals surface area (Å²) < 4.78 is 0. The summed E-state index contributed by atoms with van der Waals surface area (Å²) in [5.74, 6) is -0.324. The van der Waals surface area contributed by atoms with Crippen LogP contribution in [0.2, 0.25) is 0 Å². The highest BCUT2D eigenvalue weighted by Crippen LogP contribution is 2.40. The smallest absolute Gasteiger partial charge is 0.357 e. The third kappa shape index (κ3) is 2.59. The lowest BCUT2D eigenvalue weighted by Crippen LogP contribution is -2.52. The van der Waals surface area contributed by atoms with Crippen molar-refractivity contribution in [3.8, 4) is 0 Å². The Morgan fingerprint density at radius 1 is 1.10 bits per heavy atom. The van der Waals surface area contributed by atoms with E-state index in [2.05, 4.69) is 4.90 Å². The van der Waals surface area contributed by atoms with E-state index in [4.69, 9.17) is 4.84 Å². The Bertz CT molecular complexity index is 491. The lowest BCUT2D eigenvalue weighted by atomic mass is 10.2. The average Bonchev–Trinajstić information content (AvgIpc) is 3.30. The fraction of sp³-hybridized carbons (Fsp3) is 0.467. The molecular formula is C15H18N2O3. The summed E-state index contributed by atoms with van der Waals surface area (Å²) in [4.78, 5) is 30.6. The van der Waals surface area contributed by atoms with Gasteiger partial charge in [0.25, 0.3) is 0 Å². The van der Waals surface area contributed by atoms with E-state index in [9.17, 15) is 9.59 Å². The normalized spacial score (nSPS) is 22.2. The summed E-state index contributed by atoms with van der Waals surface area (Å²) in [7, 11) is 0. The summed E-state index contributed by atoms with van der Waals surface area (Å²) in [5.41, 5.74) is 0.344. The molecule has 0 bridgehead atoms. The van der Waals surface area contributed by atoms with E-state index in [1.54, 1.807) is 17.2 Å². The van der Waals surface area contributed by atoms with Crippen LogP contribution in [0.5, 0.6) is 0 Å². The Hall–Kier alpha value is -1.72. The first-order chi connectivity index (χ1) is 9.73. The first-order valence-corrected chi connectivity index (χ1v) is 6.97. The molecule has 0 unspecified atom stereocenters. The maximum atomic E-state index is 11.9. The number of piperazine rings is 1. The zero-order chi connectivity index (χ0) is 14.0. The molecule has 20 heavy (non-hydrogen) atoms. The highest BCUT2D eigenvalue weighted by molar-refractivity contribution is 5.89. The molecule has 1 aromatic carbocycles. The molecule has 1 saturated carbocycles. The van der Waals surface area contributed by atoms with Crippen molar-refractivity contribution < 1.29 is 14.4 Å². The minimum Gasteiger partial charge on any atom is -0.364 e. The van der Waals surface area contributed by atoms with Crippen molar-refractivity contribution in [1.82, 2.24) is 9.96 Å². The molecule has 1 aliphatic carbocycles. The van der Waals surface area contributed by atoms with Gasteiger partial charge in [-0.1, -0.05) is 18.2 Å². The Morgan fingerprint density at radius 3 is 2.30 bits per heavy atom. The van der Waals surface area contributed by atoms with Gasteiger partial charge in [0.2, 0.25) is 0 Å². The molecule has 0 radical (unpaired) electrons. The standard InChI is InChI=1S/C15H18N2O3/c18-12-15(6-7-15)16-8-10-17(11-9-16)20-14(19)13-4-2-1-3-5-13/h1-5,12H,6-11H2. The molecular weight excluding hydrogens is 256 g/mol. The van der Waals surface area contributed by atoms with Crippen molar-refractivity contribution in [2.45, 2.75) is 18.4 Å². The minimum atomic E-state index is -0.324. The van der Waals surface area contributed by atoms with Crippen LogP contribution in [0, 0.1) is 0 Å². The van der Waals surface area contributed by atoms with Crippen LogP contribution in [0.1, 0.15) is 23.2 Å². The summed E-state index contributed by atoms with van der Waals surface area (Å²) in [6.07, 6.45) is 2.99. The summed E-state index contributed by atoms with van der Waals surface area (Å²) >= 11 is 0. The van der Waals surface area contributed by atoms with Crippen LogP contribution in [-0.2, 0) is 9.63 Å². The van der Waals surface area contributed by atoms with Crippen molar-refractivity contribution >= 4 is 12.3 Å². The van der Waals surface area contributed by atoms with Crippen LogP contribution in [0.25, 0.3) is 0 Å². The number of nitrogens with zero attached hydrogens (tertiary/aromatic N) is 2. The molecule has 0 aromatic heterocycles. The van der Waals surface area contributed by atoms with Crippen LogP contribution in [-0.4, -0.2) is 53.9 Å². The van der Waals surface area contributed by atoms with Gasteiger partial charge in [0, 0.05) is 26.2 Å². The maximum Gasteiger partial charge on any atom is 0.357 e. The van der Waals surface area contributed by atoms with Gasteiger partial charge in [-0.05, 0) is 25.0 Å². The predicted octanol–water partition coefficient (Wildman–Crippen LogP) is 1.11. The molecule has 5 heteroatoms. The monoisotopic (exact) mass is 274 g/mol. The van der Waals surface area contributed by atoms with E-state index in [0.29, 0.717) is 18.7 Å². The number of hydrogen-bond acceptors (Lipinski definition) is 5. The summed E-state index contributed by atoms with van der Waals surface area (Å²) in [6, 6.07) is 8.98. The number of aldehydes is 1. The van der Waals surface area contributed by atoms with Crippen molar-refractivity contribution in [1.29, 1.82) is 0 Å². The molecule has 2 aliphatic rings. The second-order valence-electron chi connectivity index (χ2n) is 5.38. The largest absolute Gasteiger partial charge is 0.364 e. The van der Waals surface area contributed by atoms with Crippen molar-refractivity contribution in [3.63, 3.8) is 0 Å². The fourth-order valence-corrected chi connectivity index (χ4v) is 2.61. The van der Waals surface area contributed by atoms with E-state index in [0.717, 1.165) is 32.2 Å². The van der Waals surface area contributed by atoms with Crippen LogP contribution >= 0.6 is 0 Å². The second-order valence-corrected chi connectivity index (χ2v) is 5.38. The molecule has 2 fully saturated rings. The lowest BCUT2D eigenvalue weighted by Gasteiger charge is -2.36. The molecule has 3 rings (SSSR count). The number of benzene rings is 1. The van der Waals surface area contributed by atoms with E-state index >= 15 is 0 Å². The summed E-state index contributed by atoms with van der Waals surface area (Å²) in [6.45, 7) is 2.82. The Morgan fingerprint density at radius 2 is 1.75 bits per heavy atom. The zero-order valence-electron chi connectivity index (χ0n) is 11.3. The third-order valence-corrected chi connectivity index (χ3v) is 4.07. The zero-order valence-corrected chi connectivity index (χ0v) is 11.3. The van der Waals surface area contributed by atoms with Crippen molar-refractivity contribution in [2.24, 2.45) is 0 Å². The molecule has 0 spiro atoms. The van der Waals surface area contributed by atoms with Gasteiger partial charge >= 0.3 is 5.97 Å². The van der Waals surface area contributed by atoms with Crippen LogP contribution in [0.15, 0.2) is 30.3 Å². The van der Waals surface area contributed by atoms with E-state index < -0.39 is 0 Å². The molecule has 0 amide bonds. The van der Waals surface area contributed by atoms with Crippen LogP contribution < -0.4 is 0 Å². The first-order valence-electron chi connectivity index (χ1n) is 6.97. The third-order valence-electron chi connectivity index (χ3n) is 4.07. The Balaban J connectivity index is 1.52. The Kier molecular flexibility index (Phi) is 3.54. The molecule has 0 N–H and O–H groups in total. The average molecular weight is 274 g/mol. The van der Waals surface area contributed by atoms with E-state index in [1.165, 1.54) is 0 Å². The second kappa shape index (κ2) is 5.34. The molecule has 1 saturated heterocycles. The summed E-state index contributed by atoms with van der Waals surface area (Å²) in [5, 5.41) is 1.69. The first kappa shape index (κ1) is 13.3. The van der Waals surface area contributed by atoms with Crippen LogP contribution in [0.3, 0.4) is 0 Å². The van der Waals surface area contributed by atoms with Gasteiger partial charge in [-0.15, -0.1) is 5.06 Å².